The Morgan fingerprint density at radius 1 is 1.88 bits per heavy atom. The van der Waals surface area contributed by atoms with Crippen LogP contribution in [-0.4, -0.2) is 29.5 Å². The van der Waals surface area contributed by atoms with E-state index in [4.69, 9.17) is 10.3 Å². The number of carboxylic acid groups (broad SMARTS) is 1. The molecule has 5 heteroatoms. The van der Waals surface area contributed by atoms with E-state index in [1.807, 2.05) is 0 Å². The molecule has 8 heavy (non-hydrogen) atoms. The van der Waals surface area contributed by atoms with Gasteiger partial charge in [-0.2, -0.15) is 0 Å². The number of hydrogen-bond acceptors (Lipinski definition) is 4. The average Bonchev–Trinajstić information content (AvgIpc) is 1.69. The predicted molar refractivity (Wildman–Crippen MR) is 28.0 cm³/mol. The first-order valence-corrected chi connectivity index (χ1v) is 1.71. The third-order valence-corrected chi connectivity index (χ3v) is 0.175. The van der Waals surface area contributed by atoms with E-state index in [1.54, 1.807) is 0 Å². The molecule has 0 aromatic carbocycles. The zero-order valence-corrected chi connectivity index (χ0v) is 4.24. The molecule has 5 nitrogen and oxygen atoms in total. The Bertz CT molecular complexity index is 72.9. The molecule has 0 aromatic rings. The molecule has 0 saturated heterocycles. The second kappa shape index (κ2) is 9.31. The van der Waals surface area contributed by atoms with Crippen LogP contribution in [0, 0.1) is 0 Å². The number of carboxylic acids is 1. The SMILES string of the molecule is C=NO.NCC(=O)O. The Morgan fingerprint density at radius 2 is 2.00 bits per heavy atom. The normalized spacial score (nSPS) is 6.12. The highest BCUT2D eigenvalue weighted by atomic mass is 16.4. The summed E-state index contributed by atoms with van der Waals surface area (Å²) < 4.78 is 0. The second-order valence-electron chi connectivity index (χ2n) is 0.739. The van der Waals surface area contributed by atoms with Crippen molar-refractivity contribution in [3.05, 3.63) is 0 Å². The highest BCUT2D eigenvalue weighted by molar-refractivity contribution is 5.68. The molecule has 0 rings (SSSR count). The Morgan fingerprint density at radius 3 is 2.00 bits per heavy atom. The largest absolute Gasteiger partial charge is 0.480 e. The van der Waals surface area contributed by atoms with E-state index in [1.165, 1.54) is 0 Å². The van der Waals surface area contributed by atoms with Gasteiger partial charge in [0.1, 0.15) is 0 Å². The highest BCUT2D eigenvalue weighted by Crippen LogP contribution is 1.43. The van der Waals surface area contributed by atoms with E-state index in [2.05, 4.69) is 17.6 Å². The lowest BCUT2D eigenvalue weighted by atomic mass is 10.7. The maximum absolute atomic E-state index is 9.24. The van der Waals surface area contributed by atoms with Gasteiger partial charge in [-0.1, -0.05) is 0 Å². The minimum absolute atomic E-state index is 0.278. The molecule has 0 amide bonds. The summed E-state index contributed by atoms with van der Waals surface area (Å²) in [7, 11) is 0. The molecule has 0 aliphatic heterocycles. The molecule has 0 radical (unpaired) electrons. The fraction of sp³-hybridized carbons (Fsp3) is 0.333. The molecule has 0 aliphatic carbocycles. The molecule has 0 heterocycles. The van der Waals surface area contributed by atoms with Crippen molar-refractivity contribution in [1.29, 1.82) is 0 Å². The van der Waals surface area contributed by atoms with E-state index in [-0.39, 0.29) is 6.54 Å². The molecule has 0 aromatic heterocycles. The standard InChI is InChI=1S/C2H5NO2.CH3NO/c3-1-2(4)5;1-2-3/h1,3H2,(H,4,5);3H,1H2. The summed E-state index contributed by atoms with van der Waals surface area (Å²) in [6.45, 7) is 2.39. The van der Waals surface area contributed by atoms with Crippen LogP contribution >= 0.6 is 0 Å². The van der Waals surface area contributed by atoms with Crippen molar-refractivity contribution in [2.75, 3.05) is 6.54 Å². The van der Waals surface area contributed by atoms with Gasteiger partial charge in [0.05, 0.1) is 6.54 Å². The van der Waals surface area contributed by atoms with Gasteiger partial charge < -0.3 is 16.0 Å². The fourth-order valence-corrected chi connectivity index (χ4v) is 0. The number of aliphatic carboxylic acids is 1. The third kappa shape index (κ3) is 92.0. The quantitative estimate of drug-likeness (QED) is 0.237. The maximum Gasteiger partial charge on any atom is 0.317 e. The van der Waals surface area contributed by atoms with Crippen molar-refractivity contribution in [2.24, 2.45) is 10.9 Å². The summed E-state index contributed by atoms with van der Waals surface area (Å²) in [5.74, 6) is -0.968. The highest BCUT2D eigenvalue weighted by Gasteiger charge is 1.81. The van der Waals surface area contributed by atoms with Crippen LogP contribution in [0.1, 0.15) is 0 Å². The van der Waals surface area contributed by atoms with Gasteiger partial charge >= 0.3 is 5.97 Å². The zero-order chi connectivity index (χ0) is 6.99. The summed E-state index contributed by atoms with van der Waals surface area (Å²) in [5.41, 5.74) is 4.57. The molecular formula is C3H8N2O3. The molecular weight excluding hydrogens is 112 g/mol. The molecule has 0 saturated carbocycles. The first-order chi connectivity index (χ1) is 3.68. The number of hydrogen-bond donors (Lipinski definition) is 3. The van der Waals surface area contributed by atoms with E-state index < -0.39 is 5.97 Å². The lowest BCUT2D eigenvalue weighted by Gasteiger charge is -1.73. The second-order valence-corrected chi connectivity index (χ2v) is 0.739. The fourth-order valence-electron chi connectivity index (χ4n) is 0. The van der Waals surface area contributed by atoms with Gasteiger partial charge in [0, 0.05) is 6.72 Å². The first-order valence-electron chi connectivity index (χ1n) is 1.71. The van der Waals surface area contributed by atoms with Crippen LogP contribution in [0.4, 0.5) is 0 Å². The summed E-state index contributed by atoms with van der Waals surface area (Å²) in [6, 6.07) is 0. The van der Waals surface area contributed by atoms with Gasteiger partial charge in [-0.05, 0) is 0 Å². The van der Waals surface area contributed by atoms with E-state index >= 15 is 0 Å². The van der Waals surface area contributed by atoms with Crippen molar-refractivity contribution in [1.82, 2.24) is 0 Å². The van der Waals surface area contributed by atoms with Gasteiger partial charge in [-0.15, -0.1) is 5.16 Å². The summed E-state index contributed by atoms with van der Waals surface area (Å²) >= 11 is 0. The zero-order valence-electron chi connectivity index (χ0n) is 4.24. The monoisotopic (exact) mass is 120 g/mol. The van der Waals surface area contributed by atoms with E-state index in [0.717, 1.165) is 0 Å². The van der Waals surface area contributed by atoms with Crippen molar-refractivity contribution in [3.8, 4) is 0 Å². The predicted octanol–water partition coefficient (Wildman–Crippen LogP) is -0.894. The molecule has 0 atom stereocenters. The van der Waals surface area contributed by atoms with Crippen molar-refractivity contribution < 1.29 is 15.1 Å². The Kier molecular flexibility index (Phi) is 11.6. The van der Waals surface area contributed by atoms with Crippen molar-refractivity contribution >= 4 is 12.7 Å². The van der Waals surface area contributed by atoms with Gasteiger partial charge in [-0.25, -0.2) is 0 Å². The lowest BCUT2D eigenvalue weighted by Crippen LogP contribution is -2.10. The number of oxime groups is 1. The van der Waals surface area contributed by atoms with Crippen LogP contribution in [0.15, 0.2) is 5.16 Å². The van der Waals surface area contributed by atoms with Gasteiger partial charge in [0.25, 0.3) is 0 Å². The molecule has 0 spiro atoms. The molecule has 0 aliphatic rings. The average molecular weight is 120 g/mol. The number of rotatable bonds is 1. The topological polar surface area (TPSA) is 95.9 Å². The third-order valence-electron chi connectivity index (χ3n) is 0.175. The molecule has 0 unspecified atom stereocenters. The number of nitrogens with two attached hydrogens (primary N) is 1. The molecule has 4 N–H and O–H groups in total. The van der Waals surface area contributed by atoms with Crippen molar-refractivity contribution in [2.45, 2.75) is 0 Å². The molecule has 48 valence electrons. The van der Waals surface area contributed by atoms with Crippen LogP contribution in [0.3, 0.4) is 0 Å². The van der Waals surface area contributed by atoms with Gasteiger partial charge in [0.2, 0.25) is 0 Å². The minimum Gasteiger partial charge on any atom is -0.480 e. The number of nitrogens with zero attached hydrogens (tertiary/aromatic N) is 1. The van der Waals surface area contributed by atoms with Crippen molar-refractivity contribution in [3.63, 3.8) is 0 Å². The summed E-state index contributed by atoms with van der Waals surface area (Å²) in [6.07, 6.45) is 0. The number of carbonyl (C=O) groups is 1. The lowest BCUT2D eigenvalue weighted by molar-refractivity contribution is -0.135. The minimum atomic E-state index is -0.968. The molecule has 0 bridgehead atoms. The van der Waals surface area contributed by atoms with E-state index in [9.17, 15) is 4.79 Å². The van der Waals surface area contributed by atoms with Crippen LogP contribution < -0.4 is 5.73 Å². The molecule has 0 fully saturated rings. The summed E-state index contributed by atoms with van der Waals surface area (Å²) in [5, 5.41) is 16.9. The maximum atomic E-state index is 9.24. The van der Waals surface area contributed by atoms with Gasteiger partial charge in [-0.3, -0.25) is 4.79 Å². The van der Waals surface area contributed by atoms with Gasteiger partial charge in [0.15, 0.2) is 0 Å². The van der Waals surface area contributed by atoms with Crippen LogP contribution in [0.2, 0.25) is 0 Å². The Labute approximate surface area is 46.4 Å². The smallest absolute Gasteiger partial charge is 0.317 e. The van der Waals surface area contributed by atoms with Crippen LogP contribution in [-0.2, 0) is 4.79 Å². The Balaban J connectivity index is 0. The van der Waals surface area contributed by atoms with Crippen LogP contribution in [0.5, 0.6) is 0 Å². The first kappa shape index (κ1) is 10.0. The summed E-state index contributed by atoms with van der Waals surface area (Å²) in [4.78, 5) is 9.24. The Hall–Kier alpha value is -1.10. The van der Waals surface area contributed by atoms with E-state index in [0.29, 0.717) is 0 Å². The van der Waals surface area contributed by atoms with Crippen LogP contribution in [0.25, 0.3) is 0 Å².